The van der Waals surface area contributed by atoms with Crippen molar-refractivity contribution < 1.29 is 19.8 Å². The highest BCUT2D eigenvalue weighted by Crippen LogP contribution is 2.16. The molecule has 70 valence electrons. The van der Waals surface area contributed by atoms with E-state index in [9.17, 15) is 9.59 Å². The van der Waals surface area contributed by atoms with Crippen LogP contribution in [0.3, 0.4) is 0 Å². The van der Waals surface area contributed by atoms with E-state index in [-0.39, 0.29) is 25.5 Å². The van der Waals surface area contributed by atoms with Crippen molar-refractivity contribution in [3.8, 4) is 0 Å². The minimum atomic E-state index is -1.04. The number of carboxylic acids is 2. The van der Waals surface area contributed by atoms with Crippen molar-refractivity contribution in [2.24, 2.45) is 11.8 Å². The molecule has 1 rings (SSSR count). The van der Waals surface area contributed by atoms with Gasteiger partial charge in [0.2, 0.25) is 0 Å². The van der Waals surface area contributed by atoms with Gasteiger partial charge in [0.25, 0.3) is 0 Å². The van der Waals surface area contributed by atoms with Crippen LogP contribution in [0.25, 0.3) is 0 Å². The van der Waals surface area contributed by atoms with E-state index in [0.717, 1.165) is 0 Å². The van der Waals surface area contributed by atoms with Gasteiger partial charge in [-0.1, -0.05) is 0 Å². The van der Waals surface area contributed by atoms with Gasteiger partial charge < -0.3 is 15.5 Å². The molecule has 0 unspecified atom stereocenters. The van der Waals surface area contributed by atoms with Crippen LogP contribution in [0, 0.1) is 11.8 Å². The normalized spacial score (nSPS) is 27.7. The molecule has 0 aliphatic carbocycles. The van der Waals surface area contributed by atoms with Gasteiger partial charge in [0, 0.05) is 13.1 Å². The van der Waals surface area contributed by atoms with Crippen LogP contribution >= 0.6 is 12.4 Å². The lowest BCUT2D eigenvalue weighted by atomic mass is 9.97. The molecule has 0 aromatic heterocycles. The lowest BCUT2D eigenvalue weighted by molar-refractivity contribution is -0.151. The van der Waals surface area contributed by atoms with Crippen LogP contribution < -0.4 is 5.32 Å². The Hall–Kier alpha value is -0.810. The predicted octanol–water partition coefficient (Wildman–Crippen LogP) is -0.587. The van der Waals surface area contributed by atoms with Gasteiger partial charge in [0.15, 0.2) is 0 Å². The first kappa shape index (κ1) is 11.2. The van der Waals surface area contributed by atoms with E-state index in [2.05, 4.69) is 5.32 Å². The second kappa shape index (κ2) is 4.27. The number of carboxylic acid groups (broad SMARTS) is 2. The van der Waals surface area contributed by atoms with Crippen molar-refractivity contribution in [3.63, 3.8) is 0 Å². The van der Waals surface area contributed by atoms with Crippen molar-refractivity contribution in [1.29, 1.82) is 0 Å². The molecule has 6 heteroatoms. The summed E-state index contributed by atoms with van der Waals surface area (Å²) in [5.74, 6) is -3.62. The van der Waals surface area contributed by atoms with E-state index in [0.29, 0.717) is 0 Å². The molecular formula is C6H10ClNO4. The molecule has 1 saturated heterocycles. The van der Waals surface area contributed by atoms with E-state index in [1.165, 1.54) is 0 Å². The van der Waals surface area contributed by atoms with Gasteiger partial charge in [-0.2, -0.15) is 0 Å². The number of aliphatic carboxylic acids is 2. The molecule has 0 amide bonds. The van der Waals surface area contributed by atoms with E-state index in [1.54, 1.807) is 0 Å². The maximum atomic E-state index is 10.4. The second-order valence-corrected chi connectivity index (χ2v) is 2.55. The first-order valence-corrected chi connectivity index (χ1v) is 3.29. The van der Waals surface area contributed by atoms with E-state index in [1.807, 2.05) is 0 Å². The van der Waals surface area contributed by atoms with Gasteiger partial charge in [0.1, 0.15) is 0 Å². The molecule has 0 aromatic rings. The summed E-state index contributed by atoms with van der Waals surface area (Å²) in [7, 11) is 0. The molecule has 1 aliphatic heterocycles. The van der Waals surface area contributed by atoms with Crippen LogP contribution in [0.1, 0.15) is 0 Å². The molecule has 12 heavy (non-hydrogen) atoms. The lowest BCUT2D eigenvalue weighted by Crippen LogP contribution is -2.28. The first-order chi connectivity index (χ1) is 5.13. The number of carbonyl (C=O) groups is 2. The fraction of sp³-hybridized carbons (Fsp3) is 0.667. The monoisotopic (exact) mass is 195 g/mol. The summed E-state index contributed by atoms with van der Waals surface area (Å²) in [6, 6.07) is 0. The Morgan fingerprint density at radius 3 is 1.67 bits per heavy atom. The summed E-state index contributed by atoms with van der Waals surface area (Å²) in [5.41, 5.74) is 0. The number of rotatable bonds is 2. The number of nitrogens with one attached hydrogen (secondary N) is 1. The highest BCUT2D eigenvalue weighted by molar-refractivity contribution is 5.85. The fourth-order valence-electron chi connectivity index (χ4n) is 1.20. The van der Waals surface area contributed by atoms with Crippen molar-refractivity contribution in [1.82, 2.24) is 5.32 Å². The van der Waals surface area contributed by atoms with Crippen LogP contribution in [0.4, 0.5) is 0 Å². The van der Waals surface area contributed by atoms with E-state index in [4.69, 9.17) is 10.2 Å². The quantitative estimate of drug-likeness (QED) is 0.549. The molecule has 0 bridgehead atoms. The Morgan fingerprint density at radius 1 is 1.08 bits per heavy atom. The third-order valence-corrected chi connectivity index (χ3v) is 1.85. The molecule has 1 fully saturated rings. The van der Waals surface area contributed by atoms with Gasteiger partial charge >= 0.3 is 11.9 Å². The Kier molecular flexibility index (Phi) is 3.99. The summed E-state index contributed by atoms with van der Waals surface area (Å²) in [5, 5.41) is 19.8. The second-order valence-electron chi connectivity index (χ2n) is 2.55. The zero-order valence-electron chi connectivity index (χ0n) is 6.19. The minimum Gasteiger partial charge on any atom is -0.481 e. The van der Waals surface area contributed by atoms with E-state index >= 15 is 0 Å². The zero-order valence-corrected chi connectivity index (χ0v) is 7.00. The summed E-state index contributed by atoms with van der Waals surface area (Å²) in [4.78, 5) is 20.8. The van der Waals surface area contributed by atoms with Gasteiger partial charge in [-0.3, -0.25) is 9.59 Å². The molecule has 1 heterocycles. The van der Waals surface area contributed by atoms with Crippen LogP contribution in [0.5, 0.6) is 0 Å². The minimum absolute atomic E-state index is 0. The van der Waals surface area contributed by atoms with Gasteiger partial charge in [-0.25, -0.2) is 0 Å². The smallest absolute Gasteiger partial charge is 0.308 e. The fourth-order valence-corrected chi connectivity index (χ4v) is 1.20. The Bertz CT molecular complexity index is 176. The summed E-state index contributed by atoms with van der Waals surface area (Å²) >= 11 is 0. The predicted molar refractivity (Wildman–Crippen MR) is 42.4 cm³/mol. The molecule has 0 aromatic carbocycles. The van der Waals surface area contributed by atoms with Gasteiger partial charge in [0.05, 0.1) is 11.8 Å². The van der Waals surface area contributed by atoms with Gasteiger partial charge in [-0.05, 0) is 0 Å². The summed E-state index contributed by atoms with van der Waals surface area (Å²) < 4.78 is 0. The maximum absolute atomic E-state index is 10.4. The molecule has 5 nitrogen and oxygen atoms in total. The van der Waals surface area contributed by atoms with Crippen molar-refractivity contribution in [3.05, 3.63) is 0 Å². The molecule has 0 saturated carbocycles. The topological polar surface area (TPSA) is 86.6 Å². The SMILES string of the molecule is Cl.O=C(O)[C@@H]1CNC[C@H]1C(=O)O. The Labute approximate surface area is 75.2 Å². The third kappa shape index (κ3) is 2.09. The van der Waals surface area contributed by atoms with Crippen molar-refractivity contribution in [2.75, 3.05) is 13.1 Å². The van der Waals surface area contributed by atoms with Crippen LogP contribution in [-0.4, -0.2) is 35.2 Å². The molecule has 0 spiro atoms. The maximum Gasteiger partial charge on any atom is 0.308 e. The van der Waals surface area contributed by atoms with Crippen LogP contribution in [0.2, 0.25) is 0 Å². The first-order valence-electron chi connectivity index (χ1n) is 3.29. The zero-order chi connectivity index (χ0) is 8.43. The largest absolute Gasteiger partial charge is 0.481 e. The number of halogens is 1. The molecule has 0 radical (unpaired) electrons. The Morgan fingerprint density at radius 2 is 1.42 bits per heavy atom. The average molecular weight is 196 g/mol. The number of hydrogen-bond donors (Lipinski definition) is 3. The van der Waals surface area contributed by atoms with Gasteiger partial charge in [-0.15, -0.1) is 12.4 Å². The molecule has 1 aliphatic rings. The van der Waals surface area contributed by atoms with Crippen molar-refractivity contribution >= 4 is 24.3 Å². The highest BCUT2D eigenvalue weighted by Gasteiger charge is 2.37. The molecule has 3 N–H and O–H groups in total. The third-order valence-electron chi connectivity index (χ3n) is 1.85. The van der Waals surface area contributed by atoms with E-state index < -0.39 is 23.8 Å². The molecule has 2 atom stereocenters. The average Bonchev–Trinajstić information content (AvgIpc) is 2.32. The lowest BCUT2D eigenvalue weighted by Gasteiger charge is -2.07. The van der Waals surface area contributed by atoms with Crippen molar-refractivity contribution in [2.45, 2.75) is 0 Å². The summed E-state index contributed by atoms with van der Waals surface area (Å²) in [6.07, 6.45) is 0. The van der Waals surface area contributed by atoms with Crippen LogP contribution in [-0.2, 0) is 9.59 Å². The standard InChI is InChI=1S/C6H9NO4.ClH/c8-5(9)3-1-7-2-4(3)6(10)11;/h3-4,7H,1-2H2,(H,8,9)(H,10,11);1H/t3-,4-;/m1./s1. The Balaban J connectivity index is 0.00000121. The highest BCUT2D eigenvalue weighted by atomic mass is 35.5. The molecular weight excluding hydrogens is 186 g/mol. The summed E-state index contributed by atoms with van der Waals surface area (Å²) in [6.45, 7) is 0.513. The van der Waals surface area contributed by atoms with Crippen LogP contribution in [0.15, 0.2) is 0 Å². The number of hydrogen-bond acceptors (Lipinski definition) is 3.